The van der Waals surface area contributed by atoms with Crippen molar-refractivity contribution in [3.8, 4) is 10.6 Å². The zero-order valence-corrected chi connectivity index (χ0v) is 9.43. The number of alkyl halides is 3. The highest BCUT2D eigenvalue weighted by Crippen LogP contribution is 2.30. The van der Waals surface area contributed by atoms with E-state index in [2.05, 4.69) is 20.3 Å². The van der Waals surface area contributed by atoms with E-state index in [0.29, 0.717) is 10.0 Å². The lowest BCUT2D eigenvalue weighted by Gasteiger charge is -2.04. The standard InChI is InChI=1S/C9H7F3N4S/c1-13-8-15-4-6(17-8)5-2-3-14-7(16-5)9(10,11)12/h2-4H,1H3,(H,13,15). The van der Waals surface area contributed by atoms with E-state index in [4.69, 9.17) is 0 Å². The highest BCUT2D eigenvalue weighted by molar-refractivity contribution is 7.18. The Morgan fingerprint density at radius 2 is 2.06 bits per heavy atom. The molecule has 2 aromatic rings. The van der Waals surface area contributed by atoms with Crippen molar-refractivity contribution in [2.24, 2.45) is 0 Å². The van der Waals surface area contributed by atoms with Crippen LogP contribution >= 0.6 is 11.3 Å². The van der Waals surface area contributed by atoms with Crippen molar-refractivity contribution in [3.63, 3.8) is 0 Å². The fraction of sp³-hybridized carbons (Fsp3) is 0.222. The summed E-state index contributed by atoms with van der Waals surface area (Å²) in [6.07, 6.45) is -1.98. The molecule has 0 atom stereocenters. The van der Waals surface area contributed by atoms with E-state index in [1.807, 2.05) is 0 Å². The molecule has 0 aromatic carbocycles. The number of nitrogens with one attached hydrogen (secondary N) is 1. The molecule has 90 valence electrons. The van der Waals surface area contributed by atoms with Crippen LogP contribution in [0.25, 0.3) is 10.6 Å². The zero-order chi connectivity index (χ0) is 12.5. The molecule has 0 bridgehead atoms. The summed E-state index contributed by atoms with van der Waals surface area (Å²) < 4.78 is 37.2. The maximum atomic E-state index is 12.4. The van der Waals surface area contributed by atoms with Crippen molar-refractivity contribution in [2.45, 2.75) is 6.18 Å². The van der Waals surface area contributed by atoms with Gasteiger partial charge in [-0.25, -0.2) is 15.0 Å². The lowest BCUT2D eigenvalue weighted by molar-refractivity contribution is -0.144. The van der Waals surface area contributed by atoms with Crippen LogP contribution in [0.15, 0.2) is 18.5 Å². The molecule has 0 fully saturated rings. The third-order valence-electron chi connectivity index (χ3n) is 1.88. The van der Waals surface area contributed by atoms with Gasteiger partial charge in [-0.3, -0.25) is 0 Å². The summed E-state index contributed by atoms with van der Waals surface area (Å²) in [4.78, 5) is 11.2. The first-order valence-electron chi connectivity index (χ1n) is 4.55. The van der Waals surface area contributed by atoms with E-state index in [-0.39, 0.29) is 5.69 Å². The Morgan fingerprint density at radius 3 is 2.65 bits per heavy atom. The van der Waals surface area contributed by atoms with Gasteiger partial charge in [0.25, 0.3) is 0 Å². The van der Waals surface area contributed by atoms with Crippen molar-refractivity contribution in [3.05, 3.63) is 24.3 Å². The first-order valence-corrected chi connectivity index (χ1v) is 5.36. The maximum absolute atomic E-state index is 12.4. The predicted octanol–water partition coefficient (Wildman–Crippen LogP) is 2.66. The minimum absolute atomic E-state index is 0.214. The van der Waals surface area contributed by atoms with Gasteiger partial charge in [0.05, 0.1) is 10.6 Å². The first-order chi connectivity index (χ1) is 8.00. The quantitative estimate of drug-likeness (QED) is 0.901. The summed E-state index contributed by atoms with van der Waals surface area (Å²) in [7, 11) is 1.68. The Hall–Kier alpha value is -1.70. The number of anilines is 1. The van der Waals surface area contributed by atoms with Crippen molar-refractivity contribution < 1.29 is 13.2 Å². The number of rotatable bonds is 2. The molecular formula is C9H7F3N4S. The fourth-order valence-electron chi connectivity index (χ4n) is 1.14. The highest BCUT2D eigenvalue weighted by Gasteiger charge is 2.34. The Bertz CT molecular complexity index is 523. The number of hydrogen-bond donors (Lipinski definition) is 1. The molecule has 17 heavy (non-hydrogen) atoms. The van der Waals surface area contributed by atoms with Gasteiger partial charge in [0.2, 0.25) is 5.82 Å². The summed E-state index contributed by atoms with van der Waals surface area (Å²) in [5.41, 5.74) is 0.214. The van der Waals surface area contributed by atoms with Gasteiger partial charge < -0.3 is 5.32 Å². The van der Waals surface area contributed by atoms with E-state index < -0.39 is 12.0 Å². The third kappa shape index (κ3) is 2.52. The molecule has 0 saturated carbocycles. The van der Waals surface area contributed by atoms with Crippen LogP contribution in [0, 0.1) is 0 Å². The number of aromatic nitrogens is 3. The molecule has 0 amide bonds. The molecule has 4 nitrogen and oxygen atoms in total. The van der Waals surface area contributed by atoms with Crippen molar-refractivity contribution >= 4 is 16.5 Å². The highest BCUT2D eigenvalue weighted by atomic mass is 32.1. The molecule has 0 aliphatic rings. The number of nitrogens with zero attached hydrogens (tertiary/aromatic N) is 3. The molecule has 0 spiro atoms. The lowest BCUT2D eigenvalue weighted by atomic mass is 10.3. The van der Waals surface area contributed by atoms with Crippen LogP contribution in [-0.4, -0.2) is 22.0 Å². The summed E-state index contributed by atoms with van der Waals surface area (Å²) >= 11 is 1.23. The molecule has 2 rings (SSSR count). The average Bonchev–Trinajstić information content (AvgIpc) is 2.76. The van der Waals surface area contributed by atoms with Crippen LogP contribution in [0.1, 0.15) is 5.82 Å². The van der Waals surface area contributed by atoms with Crippen LogP contribution in [0.2, 0.25) is 0 Å². The molecule has 0 aliphatic heterocycles. The Morgan fingerprint density at radius 1 is 1.29 bits per heavy atom. The molecule has 1 N–H and O–H groups in total. The molecule has 0 radical (unpaired) electrons. The Balaban J connectivity index is 2.39. The second-order valence-corrected chi connectivity index (χ2v) is 4.07. The number of halogens is 3. The van der Waals surface area contributed by atoms with Gasteiger partial charge in [-0.1, -0.05) is 11.3 Å². The summed E-state index contributed by atoms with van der Waals surface area (Å²) in [5.74, 6) is -1.14. The van der Waals surface area contributed by atoms with E-state index in [1.165, 1.54) is 23.6 Å². The van der Waals surface area contributed by atoms with Crippen LogP contribution in [-0.2, 0) is 6.18 Å². The molecule has 0 saturated heterocycles. The summed E-state index contributed by atoms with van der Waals surface area (Å²) in [5, 5.41) is 3.42. The molecule has 0 unspecified atom stereocenters. The van der Waals surface area contributed by atoms with Gasteiger partial charge in [0.1, 0.15) is 0 Å². The zero-order valence-electron chi connectivity index (χ0n) is 8.62. The summed E-state index contributed by atoms with van der Waals surface area (Å²) in [6.45, 7) is 0. The van der Waals surface area contributed by atoms with Gasteiger partial charge in [0, 0.05) is 19.4 Å². The Kier molecular flexibility index (Phi) is 2.97. The topological polar surface area (TPSA) is 50.7 Å². The normalized spacial score (nSPS) is 11.5. The van der Waals surface area contributed by atoms with E-state index in [0.717, 1.165) is 6.20 Å². The smallest absolute Gasteiger partial charge is 0.365 e. The van der Waals surface area contributed by atoms with E-state index in [9.17, 15) is 13.2 Å². The number of thiazole rings is 1. The van der Waals surface area contributed by atoms with Crippen molar-refractivity contribution in [1.29, 1.82) is 0 Å². The SMILES string of the molecule is CNc1ncc(-c2ccnc(C(F)(F)F)n2)s1. The minimum Gasteiger partial charge on any atom is -0.365 e. The Labute approximate surface area is 98.6 Å². The number of hydrogen-bond acceptors (Lipinski definition) is 5. The van der Waals surface area contributed by atoms with Crippen LogP contribution in [0.3, 0.4) is 0 Å². The fourth-order valence-corrected chi connectivity index (χ4v) is 1.88. The van der Waals surface area contributed by atoms with Gasteiger partial charge in [-0.15, -0.1) is 0 Å². The van der Waals surface area contributed by atoms with Crippen LogP contribution in [0.5, 0.6) is 0 Å². The van der Waals surface area contributed by atoms with Gasteiger partial charge in [-0.05, 0) is 6.07 Å². The summed E-state index contributed by atoms with van der Waals surface area (Å²) in [6, 6.07) is 1.42. The van der Waals surface area contributed by atoms with Crippen LogP contribution < -0.4 is 5.32 Å². The van der Waals surface area contributed by atoms with E-state index >= 15 is 0 Å². The van der Waals surface area contributed by atoms with Gasteiger partial charge in [0.15, 0.2) is 5.13 Å². The lowest BCUT2D eigenvalue weighted by Crippen LogP contribution is -2.10. The van der Waals surface area contributed by atoms with E-state index in [1.54, 1.807) is 7.05 Å². The van der Waals surface area contributed by atoms with Crippen molar-refractivity contribution in [1.82, 2.24) is 15.0 Å². The van der Waals surface area contributed by atoms with Gasteiger partial charge in [-0.2, -0.15) is 13.2 Å². The predicted molar refractivity (Wildman–Crippen MR) is 57.7 cm³/mol. The van der Waals surface area contributed by atoms with Crippen molar-refractivity contribution in [2.75, 3.05) is 12.4 Å². The maximum Gasteiger partial charge on any atom is 0.451 e. The molecular weight excluding hydrogens is 253 g/mol. The largest absolute Gasteiger partial charge is 0.451 e. The molecule has 8 heteroatoms. The second-order valence-electron chi connectivity index (χ2n) is 3.04. The van der Waals surface area contributed by atoms with Crippen LogP contribution in [0.4, 0.5) is 18.3 Å². The molecule has 2 aromatic heterocycles. The molecule has 2 heterocycles. The third-order valence-corrected chi connectivity index (χ3v) is 2.92. The minimum atomic E-state index is -4.54. The second kappa shape index (κ2) is 4.28. The monoisotopic (exact) mass is 260 g/mol. The van der Waals surface area contributed by atoms with Gasteiger partial charge >= 0.3 is 6.18 Å². The first kappa shape index (κ1) is 11.8. The average molecular weight is 260 g/mol. The molecule has 0 aliphatic carbocycles.